The smallest absolute Gasteiger partial charge is 0.261 e. The van der Waals surface area contributed by atoms with Crippen molar-refractivity contribution in [3.8, 4) is 0 Å². The maximum atomic E-state index is 16.1. The fourth-order valence-corrected chi connectivity index (χ4v) is 6.73. The summed E-state index contributed by atoms with van der Waals surface area (Å²) in [6.45, 7) is 8.44. The van der Waals surface area contributed by atoms with Crippen molar-refractivity contribution in [2.75, 3.05) is 36.5 Å². The second kappa shape index (κ2) is 11.6. The molecule has 7 rings (SSSR count). The summed E-state index contributed by atoms with van der Waals surface area (Å²) in [5.74, 6) is 0.0466. The number of carbonyl (C=O) groups excluding carboxylic acids is 2. The summed E-state index contributed by atoms with van der Waals surface area (Å²) in [6.07, 6.45) is 3.62. The Morgan fingerprint density at radius 3 is 2.48 bits per heavy atom. The lowest BCUT2D eigenvalue weighted by Crippen LogP contribution is -2.50. The van der Waals surface area contributed by atoms with E-state index in [4.69, 9.17) is 14.1 Å². The number of fused-ring (bicyclic) bond motifs is 3. The van der Waals surface area contributed by atoms with Gasteiger partial charge in [0.15, 0.2) is 11.4 Å². The minimum atomic E-state index is -1.71. The van der Waals surface area contributed by atoms with Crippen LogP contribution in [0.1, 0.15) is 33.6 Å². The SMILES string of the molecule is C[Si](C)(C)CCOCn1ncc2ccc(Nc3nc(N4CCC(F)(CN5C(=O)c6ccccc6C5=O)CC4)c4occc4n3)cc21. The predicted octanol–water partition coefficient (Wildman–Crippen LogP) is 6.23. The number of alkyl halides is 1. The second-order valence-corrected chi connectivity index (χ2v) is 18.9. The minimum Gasteiger partial charge on any atom is -0.459 e. The third-order valence-corrected chi connectivity index (χ3v) is 10.4. The number of benzene rings is 2. The zero-order valence-corrected chi connectivity index (χ0v) is 27.1. The lowest BCUT2D eigenvalue weighted by molar-refractivity contribution is 0.0431. The molecule has 0 unspecified atom stereocenters. The molecule has 11 nitrogen and oxygen atoms in total. The average Bonchev–Trinajstić information content (AvgIpc) is 3.73. The van der Waals surface area contributed by atoms with Gasteiger partial charge in [-0.1, -0.05) is 31.8 Å². The number of hydrogen-bond donors (Lipinski definition) is 1. The number of piperidine rings is 1. The number of amides is 2. The van der Waals surface area contributed by atoms with Crippen LogP contribution < -0.4 is 10.2 Å². The highest BCUT2D eigenvalue weighted by Gasteiger charge is 2.44. The summed E-state index contributed by atoms with van der Waals surface area (Å²) in [5.41, 5.74) is 1.78. The van der Waals surface area contributed by atoms with E-state index in [-0.39, 0.29) is 19.4 Å². The van der Waals surface area contributed by atoms with Crippen LogP contribution in [0.5, 0.6) is 0 Å². The molecule has 0 bridgehead atoms. The molecular formula is C33H36FN7O4Si. The van der Waals surface area contributed by atoms with Gasteiger partial charge < -0.3 is 19.4 Å². The first-order valence-electron chi connectivity index (χ1n) is 15.5. The fraction of sp³-hybridized carbons (Fsp3) is 0.364. The van der Waals surface area contributed by atoms with E-state index in [2.05, 4.69) is 35.0 Å². The molecule has 238 valence electrons. The number of carbonyl (C=O) groups is 2. The topological polar surface area (TPSA) is 119 Å². The van der Waals surface area contributed by atoms with Crippen molar-refractivity contribution < 1.29 is 23.1 Å². The Bertz CT molecular complexity index is 1910. The number of furan rings is 1. The number of imide groups is 1. The zero-order chi connectivity index (χ0) is 32.1. The van der Waals surface area contributed by atoms with E-state index in [1.54, 1.807) is 36.6 Å². The second-order valence-electron chi connectivity index (χ2n) is 13.3. The molecule has 2 aliphatic rings. The van der Waals surface area contributed by atoms with Gasteiger partial charge in [-0.05, 0) is 36.4 Å². The van der Waals surface area contributed by atoms with Gasteiger partial charge in [0.1, 0.15) is 17.9 Å². The van der Waals surface area contributed by atoms with Crippen LogP contribution in [-0.2, 0) is 11.5 Å². The molecule has 5 heterocycles. The number of hydrogen-bond acceptors (Lipinski definition) is 9. The predicted molar refractivity (Wildman–Crippen MR) is 176 cm³/mol. The van der Waals surface area contributed by atoms with Crippen molar-refractivity contribution in [3.05, 3.63) is 72.1 Å². The van der Waals surface area contributed by atoms with Crippen molar-refractivity contribution in [3.63, 3.8) is 0 Å². The summed E-state index contributed by atoms with van der Waals surface area (Å²) in [7, 11) is -1.18. The Labute approximate surface area is 266 Å². The highest BCUT2D eigenvalue weighted by molar-refractivity contribution is 6.76. The van der Waals surface area contributed by atoms with E-state index in [0.717, 1.165) is 27.5 Å². The molecule has 2 amide bonds. The summed E-state index contributed by atoms with van der Waals surface area (Å²) >= 11 is 0. The van der Waals surface area contributed by atoms with Gasteiger partial charge in [-0.15, -0.1) is 0 Å². The summed E-state index contributed by atoms with van der Waals surface area (Å²) in [5, 5.41) is 8.82. The minimum absolute atomic E-state index is 0.121. The van der Waals surface area contributed by atoms with Crippen molar-refractivity contribution >= 4 is 59.3 Å². The maximum absolute atomic E-state index is 16.1. The van der Waals surface area contributed by atoms with Gasteiger partial charge in [-0.2, -0.15) is 10.1 Å². The molecule has 0 aliphatic carbocycles. The normalized spacial score (nSPS) is 16.5. The van der Waals surface area contributed by atoms with E-state index in [0.29, 0.717) is 60.4 Å². The van der Waals surface area contributed by atoms with Crippen LogP contribution in [0.25, 0.3) is 22.0 Å². The first-order valence-corrected chi connectivity index (χ1v) is 19.2. The number of nitrogens with zero attached hydrogens (tertiary/aromatic N) is 6. The Morgan fingerprint density at radius 1 is 1.02 bits per heavy atom. The molecule has 0 spiro atoms. The Morgan fingerprint density at radius 2 is 1.76 bits per heavy atom. The fourth-order valence-electron chi connectivity index (χ4n) is 5.97. The van der Waals surface area contributed by atoms with Crippen molar-refractivity contribution in [1.29, 1.82) is 0 Å². The molecule has 1 fully saturated rings. The zero-order valence-electron chi connectivity index (χ0n) is 26.1. The average molecular weight is 642 g/mol. The van der Waals surface area contributed by atoms with Gasteiger partial charge in [0.2, 0.25) is 5.95 Å². The van der Waals surface area contributed by atoms with Crippen LogP contribution >= 0.6 is 0 Å². The molecule has 13 heteroatoms. The molecule has 5 aromatic rings. The highest BCUT2D eigenvalue weighted by atomic mass is 28.3. The molecule has 3 aromatic heterocycles. The van der Waals surface area contributed by atoms with Gasteiger partial charge in [0.05, 0.1) is 35.6 Å². The Hall–Kier alpha value is -4.62. The van der Waals surface area contributed by atoms with E-state index < -0.39 is 25.6 Å². The van der Waals surface area contributed by atoms with Crippen LogP contribution in [-0.4, -0.2) is 76.4 Å². The lowest BCUT2D eigenvalue weighted by Gasteiger charge is -2.38. The monoisotopic (exact) mass is 641 g/mol. The van der Waals surface area contributed by atoms with E-state index in [1.165, 1.54) is 0 Å². The molecule has 46 heavy (non-hydrogen) atoms. The van der Waals surface area contributed by atoms with Crippen LogP contribution in [0, 0.1) is 0 Å². The van der Waals surface area contributed by atoms with E-state index in [9.17, 15) is 9.59 Å². The third kappa shape index (κ3) is 5.87. The number of nitrogens with one attached hydrogen (secondary N) is 1. The molecule has 2 aliphatic heterocycles. The number of aromatic nitrogens is 4. The first-order chi connectivity index (χ1) is 22.1. The maximum Gasteiger partial charge on any atom is 0.261 e. The molecular weight excluding hydrogens is 605 g/mol. The summed E-state index contributed by atoms with van der Waals surface area (Å²) in [4.78, 5) is 38.2. The number of anilines is 3. The first kappa shape index (κ1) is 30.1. The standard InChI is InChI=1S/C33H36FN7O4Si/c1-46(2,3)17-16-44-21-41-27-18-23(9-8-22(27)19-35-41)36-32-37-26-10-15-45-28(26)29(38-32)39-13-11-33(34,12-14-39)20-40-30(42)24-6-4-5-7-25(24)31(40)43/h4-10,15,18-19H,11-14,16-17,20-21H2,1-3H3,(H,36,37,38). The van der Waals surface area contributed by atoms with Crippen LogP contribution in [0.15, 0.2) is 65.4 Å². The van der Waals surface area contributed by atoms with Crippen molar-refractivity contribution in [2.24, 2.45) is 0 Å². The molecule has 0 saturated carbocycles. The molecule has 0 radical (unpaired) electrons. The Kier molecular flexibility index (Phi) is 7.60. The largest absolute Gasteiger partial charge is 0.459 e. The van der Waals surface area contributed by atoms with Gasteiger partial charge >= 0.3 is 0 Å². The Balaban J connectivity index is 1.05. The van der Waals surface area contributed by atoms with Crippen LogP contribution in [0.2, 0.25) is 25.7 Å². The lowest BCUT2D eigenvalue weighted by atomic mass is 9.92. The third-order valence-electron chi connectivity index (χ3n) is 8.68. The van der Waals surface area contributed by atoms with Crippen molar-refractivity contribution in [2.45, 2.75) is 50.9 Å². The number of rotatable bonds is 10. The van der Waals surface area contributed by atoms with Gasteiger partial charge in [0, 0.05) is 57.8 Å². The van der Waals surface area contributed by atoms with Gasteiger partial charge in [-0.25, -0.2) is 14.1 Å². The molecule has 1 saturated heterocycles. The van der Waals surface area contributed by atoms with E-state index in [1.807, 2.05) is 34.0 Å². The van der Waals surface area contributed by atoms with Crippen molar-refractivity contribution in [1.82, 2.24) is 24.6 Å². The number of halogens is 1. The van der Waals surface area contributed by atoms with Crippen LogP contribution in [0.4, 0.5) is 21.8 Å². The van der Waals surface area contributed by atoms with E-state index >= 15 is 4.39 Å². The van der Waals surface area contributed by atoms with Gasteiger partial charge in [-0.3, -0.25) is 14.5 Å². The molecule has 2 aromatic carbocycles. The summed E-state index contributed by atoms with van der Waals surface area (Å²) in [6, 6.07) is 15.4. The molecule has 1 N–H and O–H groups in total. The quantitative estimate of drug-likeness (QED) is 0.108. The highest BCUT2D eigenvalue weighted by Crippen LogP contribution is 2.35. The summed E-state index contributed by atoms with van der Waals surface area (Å²) < 4.78 is 29.7. The molecule has 0 atom stereocenters. The van der Waals surface area contributed by atoms with Crippen LogP contribution in [0.3, 0.4) is 0 Å². The number of ether oxygens (including phenoxy) is 1. The van der Waals surface area contributed by atoms with Gasteiger partial charge in [0.25, 0.3) is 11.8 Å².